The summed E-state index contributed by atoms with van der Waals surface area (Å²) in [5.74, 6) is -0.958. The Morgan fingerprint density at radius 3 is 1.95 bits per heavy atom. The first-order valence-electron chi connectivity index (χ1n) is 7.96. The fraction of sp³-hybridized carbons (Fsp3) is 0.611. The van der Waals surface area contributed by atoms with Gasteiger partial charge in [-0.3, -0.25) is 0 Å². The van der Waals surface area contributed by atoms with Crippen LogP contribution in [0.25, 0.3) is 0 Å². The van der Waals surface area contributed by atoms with E-state index in [0.717, 1.165) is 44.9 Å². The van der Waals surface area contributed by atoms with Crippen LogP contribution < -0.4 is 56.5 Å². The Morgan fingerprint density at radius 2 is 1.45 bits per heavy atom. The van der Waals surface area contributed by atoms with Crippen LogP contribution in [-0.4, -0.2) is 17.2 Å². The van der Waals surface area contributed by atoms with Gasteiger partial charge in [0, 0.05) is 5.97 Å². The first kappa shape index (κ1) is 24.5. The second-order valence-electron chi connectivity index (χ2n) is 5.28. The van der Waals surface area contributed by atoms with E-state index in [0.29, 0.717) is 6.42 Å². The number of allylic oxidation sites excluding steroid dienone is 6. The van der Waals surface area contributed by atoms with E-state index in [2.05, 4.69) is 36.5 Å². The number of carbonyl (C=O) groups is 1. The molecule has 0 bridgehead atoms. The van der Waals surface area contributed by atoms with E-state index in [1.807, 2.05) is 6.92 Å². The van der Waals surface area contributed by atoms with Crippen molar-refractivity contribution in [3.8, 4) is 0 Å². The van der Waals surface area contributed by atoms with Gasteiger partial charge in [0.2, 0.25) is 0 Å². The molecule has 0 rings (SSSR count). The normalized spacial score (nSPS) is 13.0. The van der Waals surface area contributed by atoms with E-state index in [-0.39, 0.29) is 63.9 Å². The van der Waals surface area contributed by atoms with Crippen molar-refractivity contribution in [1.82, 2.24) is 0 Å². The SMILES string of the molecule is CC(O)CCC/C=C\C/C=C\C/C=C\CCCCC(=O)[O-].[K+]. The zero-order chi connectivity index (χ0) is 15.8. The van der Waals surface area contributed by atoms with Gasteiger partial charge in [0.1, 0.15) is 0 Å². The quantitative estimate of drug-likeness (QED) is 0.300. The molecule has 0 fully saturated rings. The van der Waals surface area contributed by atoms with Crippen molar-refractivity contribution >= 4 is 5.97 Å². The fourth-order valence-corrected chi connectivity index (χ4v) is 1.84. The van der Waals surface area contributed by atoms with Crippen LogP contribution in [0.4, 0.5) is 0 Å². The van der Waals surface area contributed by atoms with E-state index in [9.17, 15) is 9.90 Å². The van der Waals surface area contributed by atoms with Gasteiger partial charge < -0.3 is 15.0 Å². The molecule has 0 spiro atoms. The van der Waals surface area contributed by atoms with E-state index in [1.54, 1.807) is 0 Å². The molecule has 0 aromatic heterocycles. The van der Waals surface area contributed by atoms with E-state index in [1.165, 1.54) is 0 Å². The number of rotatable bonds is 13. The average molecular weight is 333 g/mol. The summed E-state index contributed by atoms with van der Waals surface area (Å²) in [4.78, 5) is 10.2. The van der Waals surface area contributed by atoms with Gasteiger partial charge in [0.25, 0.3) is 0 Å². The van der Waals surface area contributed by atoms with E-state index < -0.39 is 5.97 Å². The molecule has 1 unspecified atom stereocenters. The maximum atomic E-state index is 10.2. The Morgan fingerprint density at radius 1 is 0.955 bits per heavy atom. The summed E-state index contributed by atoms with van der Waals surface area (Å²) in [7, 11) is 0. The van der Waals surface area contributed by atoms with Crippen molar-refractivity contribution in [2.45, 2.75) is 70.8 Å². The molecule has 0 aliphatic rings. The van der Waals surface area contributed by atoms with Crippen LogP contribution in [-0.2, 0) is 4.79 Å². The number of hydrogen-bond donors (Lipinski definition) is 1. The summed E-state index contributed by atoms with van der Waals surface area (Å²) in [5.41, 5.74) is 0. The number of aliphatic hydroxyl groups is 1. The van der Waals surface area contributed by atoms with E-state index in [4.69, 9.17) is 5.11 Å². The molecule has 22 heavy (non-hydrogen) atoms. The van der Waals surface area contributed by atoms with Crippen LogP contribution in [0, 0.1) is 0 Å². The van der Waals surface area contributed by atoms with Crippen LogP contribution in [0.15, 0.2) is 36.5 Å². The van der Waals surface area contributed by atoms with Crippen molar-refractivity contribution in [3.63, 3.8) is 0 Å². The maximum absolute atomic E-state index is 10.2. The first-order valence-corrected chi connectivity index (χ1v) is 7.96. The number of carboxylic acid groups (broad SMARTS) is 1. The van der Waals surface area contributed by atoms with Crippen LogP contribution >= 0.6 is 0 Å². The maximum Gasteiger partial charge on any atom is 1.00 e. The zero-order valence-corrected chi connectivity index (χ0v) is 17.3. The monoisotopic (exact) mass is 332 g/mol. The van der Waals surface area contributed by atoms with Crippen LogP contribution in [0.1, 0.15) is 64.7 Å². The molecule has 120 valence electrons. The molecule has 1 N–H and O–H groups in total. The van der Waals surface area contributed by atoms with Crippen LogP contribution in [0.5, 0.6) is 0 Å². The summed E-state index contributed by atoms with van der Waals surface area (Å²) < 4.78 is 0. The Kier molecular flexibility index (Phi) is 21.6. The average Bonchev–Trinajstić information content (AvgIpc) is 2.42. The predicted octanol–water partition coefficient (Wildman–Crippen LogP) is 0.301. The van der Waals surface area contributed by atoms with Crippen LogP contribution in [0.2, 0.25) is 0 Å². The van der Waals surface area contributed by atoms with Crippen molar-refractivity contribution in [1.29, 1.82) is 0 Å². The van der Waals surface area contributed by atoms with E-state index >= 15 is 0 Å². The van der Waals surface area contributed by atoms with Gasteiger partial charge >= 0.3 is 51.4 Å². The minimum Gasteiger partial charge on any atom is -0.550 e. The molecule has 0 aliphatic heterocycles. The first-order chi connectivity index (χ1) is 10.1. The largest absolute Gasteiger partial charge is 1.00 e. The number of unbranched alkanes of at least 4 members (excludes halogenated alkanes) is 3. The zero-order valence-electron chi connectivity index (χ0n) is 14.2. The summed E-state index contributed by atoms with van der Waals surface area (Å²) in [6.45, 7) is 1.82. The Hall–Kier alpha value is 0.286. The summed E-state index contributed by atoms with van der Waals surface area (Å²) >= 11 is 0. The van der Waals surface area contributed by atoms with Gasteiger partial charge in [-0.15, -0.1) is 0 Å². The molecule has 3 nitrogen and oxygen atoms in total. The number of aliphatic carboxylic acids is 1. The van der Waals surface area contributed by atoms with Gasteiger partial charge in [-0.25, -0.2) is 0 Å². The Bertz CT molecular complexity index is 333. The van der Waals surface area contributed by atoms with Crippen LogP contribution in [0.3, 0.4) is 0 Å². The third-order valence-electron chi connectivity index (χ3n) is 3.04. The van der Waals surface area contributed by atoms with Crippen molar-refractivity contribution < 1.29 is 66.4 Å². The third kappa shape index (κ3) is 22.6. The molecule has 0 radical (unpaired) electrons. The Balaban J connectivity index is 0. The van der Waals surface area contributed by atoms with Gasteiger partial charge in [0.15, 0.2) is 0 Å². The molecule has 0 amide bonds. The molecule has 0 aliphatic carbocycles. The standard InChI is InChI=1S/C18H30O3.K/c1-17(19)15-13-11-9-7-5-3-2-4-6-8-10-12-14-16-18(20)21;/h2-3,6-9,17,19H,4-5,10-16H2,1H3,(H,20,21);/q;+1/p-1/b3-2-,8-6-,9-7-;. The minimum absolute atomic E-state index is 0. The van der Waals surface area contributed by atoms with Crippen molar-refractivity contribution in [3.05, 3.63) is 36.5 Å². The van der Waals surface area contributed by atoms with Crippen molar-refractivity contribution in [2.24, 2.45) is 0 Å². The number of carboxylic acids is 1. The second kappa shape index (κ2) is 19.3. The molecule has 4 heteroatoms. The molecule has 0 heterocycles. The number of aliphatic hydroxyl groups excluding tert-OH is 1. The second-order valence-corrected chi connectivity index (χ2v) is 5.28. The molecule has 1 atom stereocenters. The number of hydrogen-bond acceptors (Lipinski definition) is 3. The smallest absolute Gasteiger partial charge is 0.550 e. The summed E-state index contributed by atoms with van der Waals surface area (Å²) in [5, 5.41) is 19.3. The summed E-state index contributed by atoms with van der Waals surface area (Å²) in [6.07, 6.45) is 20.2. The van der Waals surface area contributed by atoms with Gasteiger partial charge in [0.05, 0.1) is 6.10 Å². The predicted molar refractivity (Wildman–Crippen MR) is 85.7 cm³/mol. The third-order valence-corrected chi connectivity index (χ3v) is 3.04. The van der Waals surface area contributed by atoms with Crippen molar-refractivity contribution in [2.75, 3.05) is 0 Å². The van der Waals surface area contributed by atoms with Gasteiger partial charge in [-0.05, 0) is 64.7 Å². The number of carbonyl (C=O) groups excluding carboxylic acids is 1. The molecular weight excluding hydrogens is 303 g/mol. The molecule has 0 saturated heterocycles. The van der Waals surface area contributed by atoms with Gasteiger partial charge in [-0.2, -0.15) is 0 Å². The molecular formula is C18H29KO3. The topological polar surface area (TPSA) is 60.4 Å². The molecule has 0 aromatic rings. The minimum atomic E-state index is -0.958. The summed E-state index contributed by atoms with van der Waals surface area (Å²) in [6, 6.07) is 0. The Labute approximate surface area is 178 Å². The van der Waals surface area contributed by atoms with Gasteiger partial charge in [-0.1, -0.05) is 36.5 Å². The fourth-order valence-electron chi connectivity index (χ4n) is 1.84. The molecule has 0 saturated carbocycles. The molecule has 0 aromatic carbocycles.